The Balaban J connectivity index is 2.11. The van der Waals surface area contributed by atoms with Gasteiger partial charge in [0.05, 0.1) is 0 Å². The second-order valence-corrected chi connectivity index (χ2v) is 6.39. The molecular formula is C13H18N2O2S. The van der Waals surface area contributed by atoms with Crippen molar-refractivity contribution in [1.29, 1.82) is 0 Å². The Morgan fingerprint density at radius 3 is 2.72 bits per heavy atom. The van der Waals surface area contributed by atoms with Crippen LogP contribution >= 0.6 is 0 Å². The molecule has 0 atom stereocenters. The summed E-state index contributed by atoms with van der Waals surface area (Å²) in [4.78, 5) is 0. The predicted octanol–water partition coefficient (Wildman–Crippen LogP) is 1.46. The van der Waals surface area contributed by atoms with Crippen molar-refractivity contribution in [1.82, 2.24) is 9.03 Å². The van der Waals surface area contributed by atoms with E-state index < -0.39 is 10.2 Å². The zero-order valence-electron chi connectivity index (χ0n) is 10.5. The normalized spacial score (nSPS) is 16.3. The van der Waals surface area contributed by atoms with E-state index in [-0.39, 0.29) is 0 Å². The van der Waals surface area contributed by atoms with Crippen molar-refractivity contribution in [3.8, 4) is 0 Å². The molecule has 0 fully saturated rings. The zero-order chi connectivity index (χ0) is 13.2. The zero-order valence-corrected chi connectivity index (χ0v) is 11.3. The maximum absolute atomic E-state index is 12.1. The molecule has 0 unspecified atom stereocenters. The summed E-state index contributed by atoms with van der Waals surface area (Å²) >= 11 is 0. The minimum Gasteiger partial charge on any atom is -0.198 e. The molecule has 0 saturated heterocycles. The largest absolute Gasteiger partial charge is 0.280 e. The van der Waals surface area contributed by atoms with Gasteiger partial charge in [0.15, 0.2) is 0 Å². The molecule has 1 aliphatic heterocycles. The topological polar surface area (TPSA) is 49.4 Å². The molecule has 4 nitrogen and oxygen atoms in total. The van der Waals surface area contributed by atoms with Gasteiger partial charge in [-0.3, -0.25) is 0 Å². The van der Waals surface area contributed by atoms with E-state index >= 15 is 0 Å². The van der Waals surface area contributed by atoms with E-state index in [2.05, 4.69) is 17.4 Å². The summed E-state index contributed by atoms with van der Waals surface area (Å²) in [5.74, 6) is 0. The van der Waals surface area contributed by atoms with Gasteiger partial charge in [-0.25, -0.2) is 0 Å². The molecule has 0 spiro atoms. The second-order valence-electron chi connectivity index (χ2n) is 4.64. The molecule has 0 saturated carbocycles. The van der Waals surface area contributed by atoms with Crippen LogP contribution in [-0.2, 0) is 23.2 Å². The molecule has 1 N–H and O–H groups in total. The van der Waals surface area contributed by atoms with Crippen LogP contribution in [0.4, 0.5) is 0 Å². The average Bonchev–Trinajstić information content (AvgIpc) is 2.36. The highest BCUT2D eigenvalue weighted by atomic mass is 32.2. The fourth-order valence-corrected chi connectivity index (χ4v) is 3.23. The van der Waals surface area contributed by atoms with Crippen LogP contribution in [0.2, 0.25) is 0 Å². The quantitative estimate of drug-likeness (QED) is 0.839. The number of benzene rings is 1. The molecule has 0 aromatic heterocycles. The van der Waals surface area contributed by atoms with Crippen LogP contribution in [0.3, 0.4) is 0 Å². The number of nitrogens with one attached hydrogen (secondary N) is 1. The average molecular weight is 266 g/mol. The smallest absolute Gasteiger partial charge is 0.198 e. The monoisotopic (exact) mass is 266 g/mol. The molecule has 2 rings (SSSR count). The van der Waals surface area contributed by atoms with Crippen LogP contribution in [0.5, 0.6) is 0 Å². The summed E-state index contributed by atoms with van der Waals surface area (Å²) in [5.41, 5.74) is 3.13. The third kappa shape index (κ3) is 2.98. The van der Waals surface area contributed by atoms with Gasteiger partial charge in [0.25, 0.3) is 10.2 Å². The molecule has 18 heavy (non-hydrogen) atoms. The van der Waals surface area contributed by atoms with Gasteiger partial charge < -0.3 is 0 Å². The lowest BCUT2D eigenvalue weighted by Gasteiger charge is -2.28. The summed E-state index contributed by atoms with van der Waals surface area (Å²) in [6, 6.07) is 7.97. The minimum atomic E-state index is -3.40. The highest BCUT2D eigenvalue weighted by Crippen LogP contribution is 2.20. The van der Waals surface area contributed by atoms with Crippen molar-refractivity contribution in [2.75, 3.05) is 13.1 Å². The van der Waals surface area contributed by atoms with E-state index in [1.807, 2.05) is 18.2 Å². The van der Waals surface area contributed by atoms with Crippen LogP contribution in [0, 0.1) is 0 Å². The van der Waals surface area contributed by atoms with Gasteiger partial charge in [-0.2, -0.15) is 17.4 Å². The van der Waals surface area contributed by atoms with E-state index in [1.54, 1.807) is 6.92 Å². The Morgan fingerprint density at radius 2 is 2.06 bits per heavy atom. The van der Waals surface area contributed by atoms with Gasteiger partial charge in [0.1, 0.15) is 0 Å². The van der Waals surface area contributed by atoms with E-state index in [1.165, 1.54) is 9.87 Å². The third-order valence-corrected chi connectivity index (χ3v) is 4.49. The standard InChI is InChI=1S/C13H18N2O2S/c1-11(2)9-14-18(16,17)15-8-7-12-5-3-4-6-13(12)10-15/h3-6,14H,1,7-10H2,2H3. The highest BCUT2D eigenvalue weighted by molar-refractivity contribution is 7.87. The van der Waals surface area contributed by atoms with Gasteiger partial charge >= 0.3 is 0 Å². The molecule has 0 aliphatic carbocycles. The van der Waals surface area contributed by atoms with Gasteiger partial charge in [0, 0.05) is 19.6 Å². The number of fused-ring (bicyclic) bond motifs is 1. The molecule has 1 aromatic carbocycles. The van der Waals surface area contributed by atoms with Crippen molar-refractivity contribution < 1.29 is 8.42 Å². The van der Waals surface area contributed by atoms with E-state index in [0.717, 1.165) is 17.6 Å². The number of rotatable bonds is 4. The first-order valence-electron chi connectivity index (χ1n) is 5.95. The van der Waals surface area contributed by atoms with Gasteiger partial charge in [0.2, 0.25) is 0 Å². The number of nitrogens with zero attached hydrogens (tertiary/aromatic N) is 1. The van der Waals surface area contributed by atoms with Crippen molar-refractivity contribution in [3.05, 3.63) is 47.5 Å². The number of hydrogen-bond donors (Lipinski definition) is 1. The summed E-state index contributed by atoms with van der Waals surface area (Å²) in [7, 11) is -3.40. The molecule has 0 bridgehead atoms. The fourth-order valence-electron chi connectivity index (χ4n) is 1.98. The molecule has 1 heterocycles. The minimum absolute atomic E-state index is 0.292. The maximum atomic E-state index is 12.1. The molecule has 1 aliphatic rings. The first-order chi connectivity index (χ1) is 8.49. The van der Waals surface area contributed by atoms with Crippen molar-refractivity contribution >= 4 is 10.2 Å². The van der Waals surface area contributed by atoms with Crippen molar-refractivity contribution in [3.63, 3.8) is 0 Å². The first kappa shape index (κ1) is 13.3. The van der Waals surface area contributed by atoms with Crippen LogP contribution in [0.15, 0.2) is 36.4 Å². The van der Waals surface area contributed by atoms with Gasteiger partial charge in [-0.1, -0.05) is 36.4 Å². The van der Waals surface area contributed by atoms with Gasteiger partial charge in [-0.05, 0) is 24.5 Å². The fraction of sp³-hybridized carbons (Fsp3) is 0.385. The molecule has 98 valence electrons. The Bertz CT molecular complexity index is 552. The van der Waals surface area contributed by atoms with Crippen molar-refractivity contribution in [2.24, 2.45) is 0 Å². The molecule has 0 radical (unpaired) electrons. The maximum Gasteiger partial charge on any atom is 0.280 e. The summed E-state index contributed by atoms with van der Waals surface area (Å²) in [6.07, 6.45) is 0.768. The SMILES string of the molecule is C=C(C)CNS(=O)(=O)N1CCc2ccccc2C1. The predicted molar refractivity (Wildman–Crippen MR) is 72.3 cm³/mol. The highest BCUT2D eigenvalue weighted by Gasteiger charge is 2.25. The van der Waals surface area contributed by atoms with Crippen molar-refractivity contribution in [2.45, 2.75) is 19.9 Å². The van der Waals surface area contributed by atoms with E-state index in [4.69, 9.17) is 0 Å². The van der Waals surface area contributed by atoms with Crippen LogP contribution in [0.25, 0.3) is 0 Å². The lowest BCUT2D eigenvalue weighted by atomic mass is 10.0. The molecule has 5 heteroatoms. The van der Waals surface area contributed by atoms with E-state index in [0.29, 0.717) is 19.6 Å². The van der Waals surface area contributed by atoms with Crippen LogP contribution in [0.1, 0.15) is 18.1 Å². The Kier molecular flexibility index (Phi) is 3.85. The lowest BCUT2D eigenvalue weighted by Crippen LogP contribution is -2.43. The molecular weight excluding hydrogens is 248 g/mol. The summed E-state index contributed by atoms with van der Waals surface area (Å²) in [6.45, 7) is 6.76. The van der Waals surface area contributed by atoms with Gasteiger partial charge in [-0.15, -0.1) is 0 Å². The van der Waals surface area contributed by atoms with E-state index in [9.17, 15) is 8.42 Å². The van der Waals surface area contributed by atoms with Crippen LogP contribution < -0.4 is 4.72 Å². The van der Waals surface area contributed by atoms with Crippen LogP contribution in [-0.4, -0.2) is 25.8 Å². The molecule has 0 amide bonds. The lowest BCUT2D eigenvalue weighted by molar-refractivity contribution is 0.385. The number of hydrogen-bond acceptors (Lipinski definition) is 2. The Hall–Kier alpha value is -1.17. The Morgan fingerprint density at radius 1 is 1.39 bits per heavy atom. The molecule has 1 aromatic rings. The first-order valence-corrected chi connectivity index (χ1v) is 7.39. The Labute approximate surface area is 108 Å². The summed E-state index contributed by atoms with van der Waals surface area (Å²) in [5, 5.41) is 0. The third-order valence-electron chi connectivity index (χ3n) is 2.99. The summed E-state index contributed by atoms with van der Waals surface area (Å²) < 4.78 is 28.2. The second kappa shape index (κ2) is 5.22.